The van der Waals surface area contributed by atoms with Crippen molar-refractivity contribution in [1.82, 2.24) is 0 Å². The van der Waals surface area contributed by atoms with Gasteiger partial charge in [-0.25, -0.2) is 0 Å². The fourth-order valence-electron chi connectivity index (χ4n) is 2.05. The Balaban J connectivity index is 2.39. The Bertz CT molecular complexity index is 228. The molecule has 0 saturated heterocycles. The molecule has 0 nitrogen and oxygen atoms in total. The maximum atomic E-state index is 2.51. The lowest BCUT2D eigenvalue weighted by atomic mass is 9.82. The van der Waals surface area contributed by atoms with Gasteiger partial charge in [-0.1, -0.05) is 37.1 Å². The summed E-state index contributed by atoms with van der Waals surface area (Å²) in [7, 11) is 0. The monoisotopic (exact) mass is 192 g/mol. The highest BCUT2D eigenvalue weighted by molar-refractivity contribution is 5.10. The molecule has 0 amide bonds. The van der Waals surface area contributed by atoms with Crippen LogP contribution in [0.4, 0.5) is 0 Å². The van der Waals surface area contributed by atoms with Crippen LogP contribution in [0.5, 0.6) is 0 Å². The van der Waals surface area contributed by atoms with E-state index in [9.17, 15) is 0 Å². The lowest BCUT2D eigenvalue weighted by Crippen LogP contribution is -2.11. The first-order valence-corrected chi connectivity index (χ1v) is 5.92. The molecule has 0 aromatic rings. The molecule has 0 fully saturated rings. The van der Waals surface area contributed by atoms with Gasteiger partial charge in [0, 0.05) is 0 Å². The van der Waals surface area contributed by atoms with E-state index in [1.54, 1.807) is 5.57 Å². The van der Waals surface area contributed by atoms with Crippen molar-refractivity contribution in [3.63, 3.8) is 0 Å². The smallest absolute Gasteiger partial charge is 0.0233 e. The van der Waals surface area contributed by atoms with Gasteiger partial charge >= 0.3 is 0 Å². The molecule has 0 bridgehead atoms. The Kier molecular flexibility index (Phi) is 4.44. The Hall–Kier alpha value is -0.520. The van der Waals surface area contributed by atoms with Crippen molar-refractivity contribution >= 4 is 0 Å². The fraction of sp³-hybridized carbons (Fsp3) is 0.714. The van der Waals surface area contributed by atoms with Gasteiger partial charge in [0.15, 0.2) is 0 Å². The van der Waals surface area contributed by atoms with Crippen LogP contribution in [0.25, 0.3) is 0 Å². The van der Waals surface area contributed by atoms with Crippen LogP contribution in [0.15, 0.2) is 23.3 Å². The molecular formula is C14H24. The quantitative estimate of drug-likeness (QED) is 0.567. The molecule has 0 heterocycles. The number of allylic oxidation sites excluding steroid dienone is 4. The van der Waals surface area contributed by atoms with Crippen LogP contribution >= 0.6 is 0 Å². The second-order valence-corrected chi connectivity index (χ2v) is 5.02. The van der Waals surface area contributed by atoms with Crippen LogP contribution in [0.3, 0.4) is 0 Å². The lowest BCUT2D eigenvalue weighted by Gasteiger charge is -2.24. The van der Waals surface area contributed by atoms with Gasteiger partial charge in [-0.2, -0.15) is 0 Å². The first-order valence-electron chi connectivity index (χ1n) is 5.92. The summed E-state index contributed by atoms with van der Waals surface area (Å²) >= 11 is 0. The van der Waals surface area contributed by atoms with Crippen molar-refractivity contribution < 1.29 is 0 Å². The molecule has 14 heavy (non-hydrogen) atoms. The minimum atomic E-state index is 0.797. The van der Waals surface area contributed by atoms with E-state index < -0.39 is 0 Å². The standard InChI is InChI=1S/C14H24/c1-11(2)6-5-7-14-9-8-12(3)13(4)10-14/h6,10,12-13H,5,7-9H2,1-4H3/t12-,13+/m1/s1. The minimum Gasteiger partial charge on any atom is -0.0856 e. The highest BCUT2D eigenvalue weighted by Gasteiger charge is 2.16. The number of hydrogen-bond acceptors (Lipinski definition) is 0. The first-order chi connectivity index (χ1) is 6.59. The van der Waals surface area contributed by atoms with Crippen LogP contribution in [0.1, 0.15) is 53.4 Å². The molecule has 0 unspecified atom stereocenters. The van der Waals surface area contributed by atoms with Crippen LogP contribution in [-0.2, 0) is 0 Å². The van der Waals surface area contributed by atoms with Gasteiger partial charge in [0.05, 0.1) is 0 Å². The molecule has 0 N–H and O–H groups in total. The largest absolute Gasteiger partial charge is 0.0856 e. The highest BCUT2D eigenvalue weighted by atomic mass is 14.2. The van der Waals surface area contributed by atoms with E-state index in [4.69, 9.17) is 0 Å². The first kappa shape index (κ1) is 11.6. The molecule has 2 atom stereocenters. The Morgan fingerprint density at radius 3 is 2.71 bits per heavy atom. The molecule has 0 aromatic heterocycles. The van der Waals surface area contributed by atoms with Crippen molar-refractivity contribution in [3.05, 3.63) is 23.3 Å². The predicted octanol–water partition coefficient (Wildman–Crippen LogP) is 4.73. The average Bonchev–Trinajstić information content (AvgIpc) is 2.10. The van der Waals surface area contributed by atoms with Gasteiger partial charge in [0.2, 0.25) is 0 Å². The normalized spacial score (nSPS) is 27.0. The van der Waals surface area contributed by atoms with E-state index in [1.165, 1.54) is 31.3 Å². The van der Waals surface area contributed by atoms with Gasteiger partial charge in [-0.15, -0.1) is 0 Å². The Morgan fingerprint density at radius 2 is 2.14 bits per heavy atom. The summed E-state index contributed by atoms with van der Waals surface area (Å²) in [5.74, 6) is 1.69. The molecule has 0 saturated carbocycles. The molecular weight excluding hydrogens is 168 g/mol. The average molecular weight is 192 g/mol. The third kappa shape index (κ3) is 3.69. The van der Waals surface area contributed by atoms with Gasteiger partial charge in [0.1, 0.15) is 0 Å². The van der Waals surface area contributed by atoms with E-state index in [-0.39, 0.29) is 0 Å². The van der Waals surface area contributed by atoms with Crippen LogP contribution in [0.2, 0.25) is 0 Å². The van der Waals surface area contributed by atoms with E-state index in [2.05, 4.69) is 39.8 Å². The van der Waals surface area contributed by atoms with Crippen molar-refractivity contribution in [3.8, 4) is 0 Å². The second-order valence-electron chi connectivity index (χ2n) is 5.02. The van der Waals surface area contributed by atoms with E-state index >= 15 is 0 Å². The molecule has 0 aromatic carbocycles. The van der Waals surface area contributed by atoms with Crippen LogP contribution in [-0.4, -0.2) is 0 Å². The number of hydrogen-bond donors (Lipinski definition) is 0. The summed E-state index contributed by atoms with van der Waals surface area (Å²) in [5.41, 5.74) is 3.14. The molecule has 0 radical (unpaired) electrons. The molecule has 80 valence electrons. The Morgan fingerprint density at radius 1 is 1.43 bits per heavy atom. The van der Waals surface area contributed by atoms with E-state index in [0.717, 1.165) is 11.8 Å². The summed E-state index contributed by atoms with van der Waals surface area (Å²) in [6.45, 7) is 9.08. The van der Waals surface area contributed by atoms with Gasteiger partial charge in [0.25, 0.3) is 0 Å². The second kappa shape index (κ2) is 5.38. The van der Waals surface area contributed by atoms with Crippen molar-refractivity contribution in [1.29, 1.82) is 0 Å². The predicted molar refractivity (Wildman–Crippen MR) is 64.3 cm³/mol. The zero-order chi connectivity index (χ0) is 10.6. The minimum absolute atomic E-state index is 0.797. The third-order valence-corrected chi connectivity index (χ3v) is 3.33. The van der Waals surface area contributed by atoms with Crippen molar-refractivity contribution in [2.75, 3.05) is 0 Å². The summed E-state index contributed by atoms with van der Waals surface area (Å²) in [6, 6.07) is 0. The topological polar surface area (TPSA) is 0 Å². The summed E-state index contributed by atoms with van der Waals surface area (Å²) in [5, 5.41) is 0. The van der Waals surface area contributed by atoms with Crippen molar-refractivity contribution in [2.45, 2.75) is 53.4 Å². The van der Waals surface area contributed by atoms with Crippen LogP contribution in [0, 0.1) is 11.8 Å². The van der Waals surface area contributed by atoms with Crippen LogP contribution < -0.4 is 0 Å². The Labute approximate surface area is 89.1 Å². The van der Waals surface area contributed by atoms with Gasteiger partial charge in [-0.05, 0) is 51.4 Å². The lowest BCUT2D eigenvalue weighted by molar-refractivity contribution is 0.400. The van der Waals surface area contributed by atoms with E-state index in [0.29, 0.717) is 0 Å². The zero-order valence-corrected chi connectivity index (χ0v) is 10.1. The molecule has 0 heteroatoms. The molecule has 1 rings (SSSR count). The fourth-order valence-corrected chi connectivity index (χ4v) is 2.05. The summed E-state index contributed by atoms with van der Waals surface area (Å²) in [4.78, 5) is 0. The van der Waals surface area contributed by atoms with Crippen molar-refractivity contribution in [2.24, 2.45) is 11.8 Å². The van der Waals surface area contributed by atoms with Gasteiger partial charge in [-0.3, -0.25) is 0 Å². The molecule has 1 aliphatic carbocycles. The zero-order valence-electron chi connectivity index (χ0n) is 10.1. The SMILES string of the molecule is CC(C)=CCCC1=C[C@H](C)[C@H](C)CC1. The highest BCUT2D eigenvalue weighted by Crippen LogP contribution is 2.30. The third-order valence-electron chi connectivity index (χ3n) is 3.33. The number of rotatable bonds is 3. The molecule has 0 aliphatic heterocycles. The summed E-state index contributed by atoms with van der Waals surface area (Å²) in [6.07, 6.45) is 10.1. The summed E-state index contributed by atoms with van der Waals surface area (Å²) < 4.78 is 0. The van der Waals surface area contributed by atoms with Gasteiger partial charge < -0.3 is 0 Å². The molecule has 1 aliphatic rings. The molecule has 0 spiro atoms. The maximum absolute atomic E-state index is 2.51. The van der Waals surface area contributed by atoms with E-state index in [1.807, 2.05) is 0 Å². The maximum Gasteiger partial charge on any atom is -0.0233 e.